The fourth-order valence-corrected chi connectivity index (χ4v) is 3.05. The van der Waals surface area contributed by atoms with Crippen molar-refractivity contribution in [3.05, 3.63) is 5.82 Å². The molecule has 1 saturated heterocycles. The maximum Gasteiger partial charge on any atom is 0.205 e. The lowest BCUT2D eigenvalue weighted by Crippen LogP contribution is -2.38. The lowest BCUT2D eigenvalue weighted by Gasteiger charge is -2.31. The summed E-state index contributed by atoms with van der Waals surface area (Å²) in [6.45, 7) is 9.94. The van der Waals surface area contributed by atoms with Gasteiger partial charge in [-0.05, 0) is 25.3 Å². The summed E-state index contributed by atoms with van der Waals surface area (Å²) < 4.78 is 4.36. The maximum atomic E-state index is 4.57. The first kappa shape index (κ1) is 13.7. The number of nitrogens with one attached hydrogen (secondary N) is 1. The van der Waals surface area contributed by atoms with Crippen molar-refractivity contribution in [2.24, 2.45) is 5.92 Å². The van der Waals surface area contributed by atoms with Crippen LogP contribution in [0.5, 0.6) is 0 Å². The Kier molecular flexibility index (Phi) is 4.95. The fourth-order valence-electron chi connectivity index (χ4n) is 2.25. The van der Waals surface area contributed by atoms with Crippen molar-refractivity contribution in [2.75, 3.05) is 24.5 Å². The van der Waals surface area contributed by atoms with Gasteiger partial charge in [-0.3, -0.25) is 0 Å². The van der Waals surface area contributed by atoms with E-state index in [0.29, 0.717) is 6.04 Å². The molecule has 0 unspecified atom stereocenters. The third-order valence-electron chi connectivity index (χ3n) is 3.47. The van der Waals surface area contributed by atoms with Crippen LogP contribution >= 0.6 is 11.5 Å². The molecule has 1 N–H and O–H groups in total. The molecule has 2 rings (SSSR count). The molecule has 2 heterocycles. The van der Waals surface area contributed by atoms with Gasteiger partial charge in [-0.25, -0.2) is 4.98 Å². The summed E-state index contributed by atoms with van der Waals surface area (Å²) in [6.07, 6.45) is 3.47. The van der Waals surface area contributed by atoms with Crippen LogP contribution in [0.3, 0.4) is 0 Å². The summed E-state index contributed by atoms with van der Waals surface area (Å²) in [7, 11) is 0. The molecule has 0 amide bonds. The quantitative estimate of drug-likeness (QED) is 0.890. The lowest BCUT2D eigenvalue weighted by molar-refractivity contribution is 0.370. The van der Waals surface area contributed by atoms with Crippen molar-refractivity contribution in [1.29, 1.82) is 0 Å². The van der Waals surface area contributed by atoms with Gasteiger partial charge < -0.3 is 10.2 Å². The van der Waals surface area contributed by atoms with E-state index >= 15 is 0 Å². The van der Waals surface area contributed by atoms with E-state index in [1.54, 1.807) is 11.5 Å². The van der Waals surface area contributed by atoms with Crippen molar-refractivity contribution >= 4 is 16.7 Å². The molecule has 0 aromatic carbocycles. The monoisotopic (exact) mass is 268 g/mol. The van der Waals surface area contributed by atoms with E-state index in [4.69, 9.17) is 0 Å². The smallest absolute Gasteiger partial charge is 0.205 e. The van der Waals surface area contributed by atoms with Crippen molar-refractivity contribution < 1.29 is 0 Å². The minimum Gasteiger partial charge on any atom is -0.347 e. The van der Waals surface area contributed by atoms with Gasteiger partial charge in [-0.15, -0.1) is 0 Å². The normalized spacial score (nSPS) is 17.7. The summed E-state index contributed by atoms with van der Waals surface area (Å²) in [6, 6.07) is 0.596. The Morgan fingerprint density at radius 2 is 2.11 bits per heavy atom. The Labute approximate surface area is 114 Å². The second kappa shape index (κ2) is 6.48. The number of hydrogen-bond acceptors (Lipinski definition) is 5. The topological polar surface area (TPSA) is 41.1 Å². The number of nitrogens with zero attached hydrogens (tertiary/aromatic N) is 3. The van der Waals surface area contributed by atoms with Gasteiger partial charge in [0.25, 0.3) is 0 Å². The molecular formula is C13H24N4S. The molecule has 0 spiro atoms. The fraction of sp³-hybridized carbons (Fsp3) is 0.846. The molecule has 18 heavy (non-hydrogen) atoms. The summed E-state index contributed by atoms with van der Waals surface area (Å²) in [5.74, 6) is 1.81. The van der Waals surface area contributed by atoms with Crippen LogP contribution in [-0.4, -0.2) is 35.0 Å². The maximum absolute atomic E-state index is 4.57. The molecule has 0 atom stereocenters. The Balaban J connectivity index is 1.79. The van der Waals surface area contributed by atoms with Crippen LogP contribution in [0.1, 0.15) is 39.4 Å². The van der Waals surface area contributed by atoms with Gasteiger partial charge in [0.15, 0.2) is 0 Å². The largest absolute Gasteiger partial charge is 0.347 e. The highest BCUT2D eigenvalue weighted by molar-refractivity contribution is 7.09. The van der Waals surface area contributed by atoms with E-state index in [9.17, 15) is 0 Å². The average Bonchev–Trinajstić information content (AvgIpc) is 2.85. The zero-order valence-corrected chi connectivity index (χ0v) is 12.5. The first-order valence-electron chi connectivity index (χ1n) is 7.00. The summed E-state index contributed by atoms with van der Waals surface area (Å²) in [4.78, 5) is 6.96. The van der Waals surface area contributed by atoms with Crippen molar-refractivity contribution in [2.45, 2.75) is 46.1 Å². The standard InChI is InChI=1S/C13H24N4S/c1-4-12-15-13(18-16-12)17-7-5-11(6-8-17)9-14-10(2)3/h10-11,14H,4-9H2,1-3H3. The Morgan fingerprint density at radius 1 is 1.39 bits per heavy atom. The van der Waals surface area contributed by atoms with Crippen molar-refractivity contribution in [1.82, 2.24) is 14.7 Å². The van der Waals surface area contributed by atoms with Gasteiger partial charge in [0.2, 0.25) is 5.13 Å². The summed E-state index contributed by atoms with van der Waals surface area (Å²) in [5, 5.41) is 4.65. The number of rotatable bonds is 5. The molecule has 1 aliphatic heterocycles. The first-order valence-corrected chi connectivity index (χ1v) is 7.77. The van der Waals surface area contributed by atoms with Crippen molar-refractivity contribution in [3.63, 3.8) is 0 Å². The molecular weight excluding hydrogens is 244 g/mol. The molecule has 4 nitrogen and oxygen atoms in total. The number of anilines is 1. The van der Waals surface area contributed by atoms with Crippen LogP contribution < -0.4 is 10.2 Å². The second-order valence-corrected chi connectivity index (χ2v) is 6.07. The predicted octanol–water partition coefficient (Wildman–Crippen LogP) is 2.31. The molecule has 0 bridgehead atoms. The second-order valence-electron chi connectivity index (χ2n) is 5.34. The highest BCUT2D eigenvalue weighted by Crippen LogP contribution is 2.24. The number of aryl methyl sites for hydroxylation is 1. The van der Waals surface area contributed by atoms with Gasteiger partial charge in [-0.2, -0.15) is 4.37 Å². The Bertz CT molecular complexity index is 356. The minimum atomic E-state index is 0.596. The third kappa shape index (κ3) is 3.65. The van der Waals surface area contributed by atoms with Crippen molar-refractivity contribution in [3.8, 4) is 0 Å². The molecule has 0 aliphatic carbocycles. The number of aromatic nitrogens is 2. The number of hydrogen-bond donors (Lipinski definition) is 1. The van der Waals surface area contributed by atoms with Gasteiger partial charge in [-0.1, -0.05) is 20.8 Å². The highest BCUT2D eigenvalue weighted by atomic mass is 32.1. The van der Waals surface area contributed by atoms with Gasteiger partial charge in [0.05, 0.1) is 0 Å². The molecule has 1 fully saturated rings. The van der Waals surface area contributed by atoms with E-state index in [0.717, 1.165) is 42.9 Å². The Hall–Kier alpha value is -0.680. The molecule has 5 heteroatoms. The summed E-state index contributed by atoms with van der Waals surface area (Å²) in [5.41, 5.74) is 0. The van der Waals surface area contributed by atoms with Gasteiger partial charge >= 0.3 is 0 Å². The predicted molar refractivity (Wildman–Crippen MR) is 77.4 cm³/mol. The SMILES string of the molecule is CCc1nsc(N2CCC(CNC(C)C)CC2)n1. The van der Waals surface area contributed by atoms with E-state index in [-0.39, 0.29) is 0 Å². The molecule has 0 saturated carbocycles. The van der Waals surface area contributed by atoms with E-state index in [1.165, 1.54) is 12.8 Å². The zero-order valence-electron chi connectivity index (χ0n) is 11.6. The van der Waals surface area contributed by atoms with Crippen LogP contribution in [-0.2, 0) is 6.42 Å². The van der Waals surface area contributed by atoms with Gasteiger partial charge in [0, 0.05) is 37.1 Å². The highest BCUT2D eigenvalue weighted by Gasteiger charge is 2.21. The molecule has 0 radical (unpaired) electrons. The lowest BCUT2D eigenvalue weighted by atomic mass is 9.97. The summed E-state index contributed by atoms with van der Waals surface area (Å²) >= 11 is 1.55. The Morgan fingerprint density at radius 3 is 2.67 bits per heavy atom. The molecule has 1 aromatic heterocycles. The zero-order chi connectivity index (χ0) is 13.0. The molecule has 102 valence electrons. The van der Waals surface area contributed by atoms with Crippen LogP contribution in [0.25, 0.3) is 0 Å². The third-order valence-corrected chi connectivity index (χ3v) is 4.29. The first-order chi connectivity index (χ1) is 8.69. The van der Waals surface area contributed by atoms with Crippen LogP contribution in [0.15, 0.2) is 0 Å². The van der Waals surface area contributed by atoms with Crippen LogP contribution in [0, 0.1) is 5.92 Å². The van der Waals surface area contributed by atoms with E-state index < -0.39 is 0 Å². The minimum absolute atomic E-state index is 0.596. The van der Waals surface area contributed by atoms with E-state index in [2.05, 4.69) is 40.3 Å². The van der Waals surface area contributed by atoms with Gasteiger partial charge in [0.1, 0.15) is 5.82 Å². The van der Waals surface area contributed by atoms with E-state index in [1.807, 2.05) is 0 Å². The molecule has 1 aromatic rings. The molecule has 1 aliphatic rings. The van der Waals surface area contributed by atoms with Crippen LogP contribution in [0.4, 0.5) is 5.13 Å². The average molecular weight is 268 g/mol. The number of piperidine rings is 1. The van der Waals surface area contributed by atoms with Crippen LogP contribution in [0.2, 0.25) is 0 Å².